The Morgan fingerprint density at radius 1 is 1.04 bits per heavy atom. The van der Waals surface area contributed by atoms with Crippen molar-refractivity contribution in [1.29, 1.82) is 0 Å². The van der Waals surface area contributed by atoms with Crippen LogP contribution in [-0.4, -0.2) is 23.1 Å². The number of rotatable bonds is 2. The average Bonchev–Trinajstić information content (AvgIpc) is 2.88. The number of nitrogens with zero attached hydrogens (tertiary/aromatic N) is 2. The van der Waals surface area contributed by atoms with E-state index in [1.165, 1.54) is 29.5 Å². The molecule has 0 atom stereocenters. The maximum atomic E-state index is 13.8. The quantitative estimate of drug-likeness (QED) is 0.643. The van der Waals surface area contributed by atoms with Crippen molar-refractivity contribution in [2.24, 2.45) is 0 Å². The molecule has 0 aliphatic carbocycles. The third-order valence-electron chi connectivity index (χ3n) is 4.96. The standard InChI is InChI=1S/C21H20F2N2/c1-14(15-3-5-16(22)6-4-15)12-25-20-8-7-17(23)11-18(20)19-13-24(2)10-9-21(19)25/h3-8,11-12H,9-10,13H2,1-2H3/b14-12-. The molecule has 0 radical (unpaired) electrons. The van der Waals surface area contributed by atoms with E-state index in [4.69, 9.17) is 0 Å². The van der Waals surface area contributed by atoms with Gasteiger partial charge in [-0.25, -0.2) is 8.78 Å². The second-order valence-corrected chi connectivity index (χ2v) is 6.76. The van der Waals surface area contributed by atoms with Gasteiger partial charge in [-0.2, -0.15) is 0 Å². The highest BCUT2D eigenvalue weighted by Gasteiger charge is 2.22. The number of hydrogen-bond donors (Lipinski definition) is 0. The maximum Gasteiger partial charge on any atom is 0.123 e. The van der Waals surface area contributed by atoms with Crippen molar-refractivity contribution in [2.45, 2.75) is 19.9 Å². The second kappa shape index (κ2) is 6.12. The number of allylic oxidation sites excluding steroid dienone is 1. The Bertz CT molecular complexity index is 968. The molecule has 4 heteroatoms. The Hall–Kier alpha value is -2.46. The van der Waals surface area contributed by atoms with Gasteiger partial charge in [-0.1, -0.05) is 12.1 Å². The summed E-state index contributed by atoms with van der Waals surface area (Å²) in [6, 6.07) is 11.5. The normalized spacial score (nSPS) is 15.6. The topological polar surface area (TPSA) is 8.17 Å². The van der Waals surface area contributed by atoms with Gasteiger partial charge in [0.15, 0.2) is 0 Å². The summed E-state index contributed by atoms with van der Waals surface area (Å²) < 4.78 is 29.2. The van der Waals surface area contributed by atoms with Crippen LogP contribution < -0.4 is 0 Å². The van der Waals surface area contributed by atoms with Crippen LogP contribution >= 0.6 is 0 Å². The third kappa shape index (κ3) is 2.87. The Kier molecular flexibility index (Phi) is 3.92. The molecule has 25 heavy (non-hydrogen) atoms. The van der Waals surface area contributed by atoms with Crippen molar-refractivity contribution in [3.05, 3.63) is 70.9 Å². The summed E-state index contributed by atoms with van der Waals surface area (Å²) in [7, 11) is 2.09. The van der Waals surface area contributed by atoms with E-state index in [9.17, 15) is 8.78 Å². The molecule has 1 aliphatic heterocycles. The van der Waals surface area contributed by atoms with Gasteiger partial charge in [0.25, 0.3) is 0 Å². The van der Waals surface area contributed by atoms with Crippen molar-refractivity contribution < 1.29 is 8.78 Å². The van der Waals surface area contributed by atoms with Gasteiger partial charge in [0.05, 0.1) is 5.52 Å². The summed E-state index contributed by atoms with van der Waals surface area (Å²) in [5.41, 5.74) is 5.48. The van der Waals surface area contributed by atoms with Gasteiger partial charge >= 0.3 is 0 Å². The number of benzene rings is 2. The van der Waals surface area contributed by atoms with Crippen LogP contribution in [0.15, 0.2) is 42.5 Å². The highest BCUT2D eigenvalue weighted by atomic mass is 19.1. The first-order chi connectivity index (χ1) is 12.0. The molecule has 2 heterocycles. The Balaban J connectivity index is 1.89. The smallest absolute Gasteiger partial charge is 0.123 e. The average molecular weight is 338 g/mol. The molecule has 1 aliphatic rings. The fourth-order valence-corrected chi connectivity index (χ4v) is 3.63. The molecule has 4 rings (SSSR count). The summed E-state index contributed by atoms with van der Waals surface area (Å²) in [4.78, 5) is 2.26. The van der Waals surface area contributed by atoms with Gasteiger partial charge in [-0.3, -0.25) is 0 Å². The van der Waals surface area contributed by atoms with Gasteiger partial charge in [-0.05, 0) is 61.0 Å². The van der Waals surface area contributed by atoms with Gasteiger partial charge in [0.1, 0.15) is 11.6 Å². The Morgan fingerprint density at radius 3 is 2.52 bits per heavy atom. The number of halogens is 2. The first-order valence-electron chi connectivity index (χ1n) is 8.47. The van der Waals surface area contributed by atoms with Crippen molar-refractivity contribution >= 4 is 22.7 Å². The zero-order valence-corrected chi connectivity index (χ0v) is 14.4. The van der Waals surface area contributed by atoms with Crippen LogP contribution in [-0.2, 0) is 13.0 Å². The lowest BCUT2D eigenvalue weighted by Crippen LogP contribution is -2.26. The number of aromatic nitrogens is 1. The Morgan fingerprint density at radius 2 is 1.76 bits per heavy atom. The second-order valence-electron chi connectivity index (χ2n) is 6.76. The molecule has 0 saturated heterocycles. The predicted octanol–water partition coefficient (Wildman–Crippen LogP) is 4.93. The molecule has 0 spiro atoms. The van der Waals surface area contributed by atoms with Gasteiger partial charge < -0.3 is 9.47 Å². The Labute approximate surface area is 146 Å². The van der Waals surface area contributed by atoms with E-state index in [0.717, 1.165) is 41.5 Å². The van der Waals surface area contributed by atoms with Crippen molar-refractivity contribution in [3.8, 4) is 0 Å². The molecule has 2 aromatic carbocycles. The van der Waals surface area contributed by atoms with E-state index in [2.05, 4.69) is 22.7 Å². The first-order valence-corrected chi connectivity index (χ1v) is 8.47. The molecule has 3 aromatic rings. The highest BCUT2D eigenvalue weighted by molar-refractivity contribution is 5.90. The van der Waals surface area contributed by atoms with E-state index < -0.39 is 0 Å². The van der Waals surface area contributed by atoms with Gasteiger partial charge in [0.2, 0.25) is 0 Å². The van der Waals surface area contributed by atoms with Crippen LogP contribution in [0.5, 0.6) is 0 Å². The summed E-state index contributed by atoms with van der Waals surface area (Å²) in [6.07, 6.45) is 3.01. The van der Waals surface area contributed by atoms with Gasteiger partial charge in [0, 0.05) is 36.8 Å². The molecule has 0 unspecified atom stereocenters. The molecule has 0 bridgehead atoms. The van der Waals surface area contributed by atoms with Crippen LogP contribution in [0.1, 0.15) is 23.7 Å². The van der Waals surface area contributed by atoms with Crippen LogP contribution in [0.3, 0.4) is 0 Å². The third-order valence-corrected chi connectivity index (χ3v) is 4.96. The molecular formula is C21H20F2N2. The monoisotopic (exact) mass is 338 g/mol. The summed E-state index contributed by atoms with van der Waals surface area (Å²) in [6.45, 7) is 3.82. The van der Waals surface area contributed by atoms with Crippen LogP contribution in [0.4, 0.5) is 8.78 Å². The SMILES string of the molecule is C/C(=C/n1c2c(c3cc(F)ccc31)CN(C)CC2)c1ccc(F)cc1. The summed E-state index contributed by atoms with van der Waals surface area (Å²) in [5, 5.41) is 0.977. The molecular weight excluding hydrogens is 318 g/mol. The zero-order valence-electron chi connectivity index (χ0n) is 14.4. The molecule has 0 saturated carbocycles. The lowest BCUT2D eigenvalue weighted by Gasteiger charge is -2.23. The lowest BCUT2D eigenvalue weighted by molar-refractivity contribution is 0.312. The minimum absolute atomic E-state index is 0.208. The molecule has 0 fully saturated rings. The molecule has 128 valence electrons. The minimum atomic E-state index is -0.237. The zero-order chi connectivity index (χ0) is 17.6. The minimum Gasteiger partial charge on any atom is -0.320 e. The van der Waals surface area contributed by atoms with Gasteiger partial charge in [-0.15, -0.1) is 0 Å². The maximum absolute atomic E-state index is 13.8. The molecule has 1 aromatic heterocycles. The predicted molar refractivity (Wildman–Crippen MR) is 98.2 cm³/mol. The fourth-order valence-electron chi connectivity index (χ4n) is 3.63. The highest BCUT2D eigenvalue weighted by Crippen LogP contribution is 2.32. The van der Waals surface area contributed by atoms with Crippen LogP contribution in [0.25, 0.3) is 22.7 Å². The lowest BCUT2D eigenvalue weighted by atomic mass is 10.0. The van der Waals surface area contributed by atoms with E-state index >= 15 is 0 Å². The van der Waals surface area contributed by atoms with E-state index in [-0.39, 0.29) is 11.6 Å². The van der Waals surface area contributed by atoms with E-state index in [1.807, 2.05) is 13.0 Å². The van der Waals surface area contributed by atoms with E-state index in [1.54, 1.807) is 18.2 Å². The largest absolute Gasteiger partial charge is 0.320 e. The summed E-state index contributed by atoms with van der Waals surface area (Å²) >= 11 is 0. The van der Waals surface area contributed by atoms with Crippen molar-refractivity contribution in [1.82, 2.24) is 9.47 Å². The number of likely N-dealkylation sites (N-methyl/N-ethyl adjacent to an activating group) is 1. The first kappa shape index (κ1) is 16.0. The fraction of sp³-hybridized carbons (Fsp3) is 0.238. The van der Waals surface area contributed by atoms with Crippen molar-refractivity contribution in [2.75, 3.05) is 13.6 Å². The molecule has 0 amide bonds. The van der Waals surface area contributed by atoms with Crippen molar-refractivity contribution in [3.63, 3.8) is 0 Å². The number of hydrogen-bond acceptors (Lipinski definition) is 1. The summed E-state index contributed by atoms with van der Waals surface area (Å²) in [5.74, 6) is -0.446. The van der Waals surface area contributed by atoms with Crippen LogP contribution in [0, 0.1) is 11.6 Å². The van der Waals surface area contributed by atoms with E-state index in [0.29, 0.717) is 0 Å². The van der Waals surface area contributed by atoms with Crippen LogP contribution in [0.2, 0.25) is 0 Å². The molecule has 0 N–H and O–H groups in total. The number of fused-ring (bicyclic) bond motifs is 3. The molecule has 2 nitrogen and oxygen atoms in total.